The van der Waals surface area contributed by atoms with Gasteiger partial charge in [0, 0.05) is 0 Å². The summed E-state index contributed by atoms with van der Waals surface area (Å²) >= 11 is 5.49. The van der Waals surface area contributed by atoms with Crippen LogP contribution >= 0.6 is 23.5 Å². The van der Waals surface area contributed by atoms with Gasteiger partial charge < -0.3 is 0 Å². The van der Waals surface area contributed by atoms with E-state index in [0.29, 0.717) is 11.4 Å². The number of halogens is 1. The first-order valence-electron chi connectivity index (χ1n) is 8.10. The summed E-state index contributed by atoms with van der Waals surface area (Å²) in [6.45, 7) is 0. The number of nitrogens with one attached hydrogen (secondary N) is 1. The fourth-order valence-electron chi connectivity index (χ4n) is 2.22. The molecule has 2 heterocycles. The van der Waals surface area contributed by atoms with Gasteiger partial charge in [-0.1, -0.05) is 18.2 Å². The van der Waals surface area contributed by atoms with Gasteiger partial charge >= 0.3 is 147 Å². The van der Waals surface area contributed by atoms with E-state index in [0.717, 1.165) is 9.42 Å². The number of hydrogen-bond acceptors (Lipinski definition) is 4. The number of benzene rings is 1. The molecule has 5 nitrogen and oxygen atoms in total. The molecule has 0 fully saturated rings. The van der Waals surface area contributed by atoms with Gasteiger partial charge in [0.15, 0.2) is 0 Å². The van der Waals surface area contributed by atoms with Crippen LogP contribution in [0, 0.1) is 0 Å². The zero-order valence-electron chi connectivity index (χ0n) is 14.7. The van der Waals surface area contributed by atoms with Crippen LogP contribution in [0.5, 0.6) is 0 Å². The van der Waals surface area contributed by atoms with E-state index in [9.17, 15) is 4.79 Å². The molecule has 2 aromatic heterocycles. The first-order valence-corrected chi connectivity index (χ1v) is 16.6. The molecule has 8 heteroatoms. The van der Waals surface area contributed by atoms with Crippen molar-refractivity contribution >= 4 is 47.2 Å². The third-order valence-electron chi connectivity index (χ3n) is 3.68. The number of nitrogens with zero attached hydrogens (tertiary/aromatic N) is 3. The van der Waals surface area contributed by atoms with Crippen molar-refractivity contribution in [2.24, 2.45) is 0 Å². The number of rotatable bonds is 5. The van der Waals surface area contributed by atoms with Crippen molar-refractivity contribution in [1.82, 2.24) is 19.5 Å². The van der Waals surface area contributed by atoms with Crippen molar-refractivity contribution in [3.8, 4) is 5.82 Å². The van der Waals surface area contributed by atoms with Crippen molar-refractivity contribution in [3.63, 3.8) is 0 Å². The van der Waals surface area contributed by atoms with Gasteiger partial charge in [0.2, 0.25) is 0 Å². The van der Waals surface area contributed by atoms with Crippen LogP contribution in [0.3, 0.4) is 0 Å². The molecule has 0 saturated carbocycles. The molecule has 1 N–H and O–H groups in total. The van der Waals surface area contributed by atoms with Crippen molar-refractivity contribution in [2.45, 2.75) is 22.2 Å². The fourth-order valence-corrected chi connectivity index (χ4v) is 5.13. The van der Waals surface area contributed by atoms with Gasteiger partial charge in [-0.2, -0.15) is 0 Å². The Morgan fingerprint density at radius 2 is 1.85 bits per heavy atom. The molecule has 3 rings (SSSR count). The van der Waals surface area contributed by atoms with E-state index in [2.05, 4.69) is 32.1 Å². The Hall–Kier alpha value is -1.77. The monoisotopic (exact) mass is 448 g/mol. The summed E-state index contributed by atoms with van der Waals surface area (Å²) in [5.74, 6) is 7.16. The van der Waals surface area contributed by atoms with Crippen LogP contribution in [-0.4, -0.2) is 33.9 Å². The Bertz CT molecular complexity index is 924. The third kappa shape index (κ3) is 4.49. The van der Waals surface area contributed by atoms with Gasteiger partial charge in [-0.25, -0.2) is 0 Å². The second-order valence-electron chi connectivity index (χ2n) is 6.75. The average Bonchev–Trinajstić information content (AvgIpc) is 3.11. The van der Waals surface area contributed by atoms with Crippen LogP contribution in [0.2, 0.25) is 22.4 Å². The predicted octanol–water partition coefficient (Wildman–Crippen LogP) is 3.90. The van der Waals surface area contributed by atoms with E-state index < -0.39 is 13.3 Å². The van der Waals surface area contributed by atoms with Crippen LogP contribution in [0.4, 0.5) is 0 Å². The molecular formula is C18H19ClGeN4OS. The van der Waals surface area contributed by atoms with Gasteiger partial charge in [0.05, 0.1) is 0 Å². The number of aromatic nitrogens is 3. The van der Waals surface area contributed by atoms with Crippen molar-refractivity contribution < 1.29 is 4.79 Å². The minimum atomic E-state index is -1.99. The summed E-state index contributed by atoms with van der Waals surface area (Å²) in [5, 5.41) is 4.77. The molecule has 0 aliphatic carbocycles. The molecule has 3 aromatic rings. The second kappa shape index (κ2) is 7.86. The maximum absolute atomic E-state index is 12.4. The molecule has 0 radical (unpaired) electrons. The summed E-state index contributed by atoms with van der Waals surface area (Å²) < 4.78 is 5.63. The van der Waals surface area contributed by atoms with Gasteiger partial charge in [-0.05, 0) is 0 Å². The quantitative estimate of drug-likeness (QED) is 0.366. The molecule has 1 amide bonds. The molecule has 0 spiro atoms. The summed E-state index contributed by atoms with van der Waals surface area (Å²) in [6.07, 6.45) is 1.88. The number of carbonyl (C=O) groups excluding carboxylic acids is 1. The first-order chi connectivity index (χ1) is 12.3. The van der Waals surface area contributed by atoms with E-state index in [1.54, 1.807) is 16.8 Å². The standard InChI is InChI=1S/C18H19ClGeN4OS/c1-20(2,3)15-11-12-24(22-15)16-10-9-14(17(19)21-16)18(25)23-26-13-7-5-4-6-8-13/h4-12H,1-3H3,(H,23,25). The van der Waals surface area contributed by atoms with Crippen LogP contribution in [0.15, 0.2) is 59.6 Å². The number of carbonyl (C=O) groups is 1. The van der Waals surface area contributed by atoms with Crippen LogP contribution in [-0.2, 0) is 0 Å². The topological polar surface area (TPSA) is 59.8 Å². The number of hydrogen-bond donors (Lipinski definition) is 1. The molecule has 26 heavy (non-hydrogen) atoms. The Kier molecular flexibility index (Phi) is 5.74. The van der Waals surface area contributed by atoms with E-state index in [-0.39, 0.29) is 11.1 Å². The van der Waals surface area contributed by atoms with Gasteiger partial charge in [0.25, 0.3) is 0 Å². The van der Waals surface area contributed by atoms with E-state index in [4.69, 9.17) is 11.6 Å². The number of pyridine rings is 1. The molecule has 0 aliphatic rings. The van der Waals surface area contributed by atoms with Crippen molar-refractivity contribution in [1.29, 1.82) is 0 Å². The molecule has 0 aliphatic heterocycles. The van der Waals surface area contributed by atoms with Crippen molar-refractivity contribution in [3.05, 3.63) is 65.4 Å². The zero-order chi connectivity index (χ0) is 18.7. The third-order valence-corrected chi connectivity index (χ3v) is 8.54. The van der Waals surface area contributed by atoms with Gasteiger partial charge in [-0.15, -0.1) is 0 Å². The Morgan fingerprint density at radius 3 is 2.46 bits per heavy atom. The predicted molar refractivity (Wildman–Crippen MR) is 109 cm³/mol. The second-order valence-corrected chi connectivity index (χ2v) is 18.5. The summed E-state index contributed by atoms with van der Waals surface area (Å²) in [4.78, 5) is 17.6. The SMILES string of the molecule is [CH3][Ge]([CH3])([CH3])[c]1ccn(-c2ccc(C(=O)NSc3ccccc3)c(Cl)n2)n1. The molecule has 0 unspecified atom stereocenters. The fraction of sp³-hybridized carbons (Fsp3) is 0.167. The van der Waals surface area contributed by atoms with E-state index in [1.165, 1.54) is 11.9 Å². The molecule has 134 valence electrons. The normalized spacial score (nSPS) is 11.4. The Labute approximate surface area is 164 Å². The van der Waals surface area contributed by atoms with Crippen LogP contribution in [0.1, 0.15) is 10.4 Å². The summed E-state index contributed by atoms with van der Waals surface area (Å²) in [5.41, 5.74) is 0.333. The number of amides is 1. The molecule has 1 aromatic carbocycles. The zero-order valence-corrected chi connectivity index (χ0v) is 18.4. The van der Waals surface area contributed by atoms with Crippen LogP contribution < -0.4 is 9.25 Å². The summed E-state index contributed by atoms with van der Waals surface area (Å²) in [6, 6.07) is 15.1. The maximum atomic E-state index is 12.4. The van der Waals surface area contributed by atoms with Gasteiger partial charge in [0.1, 0.15) is 0 Å². The van der Waals surface area contributed by atoms with Crippen LogP contribution in [0.25, 0.3) is 5.82 Å². The summed E-state index contributed by atoms with van der Waals surface area (Å²) in [7, 11) is 0. The Balaban J connectivity index is 1.75. The van der Waals surface area contributed by atoms with E-state index >= 15 is 0 Å². The minimum absolute atomic E-state index is 0.156. The van der Waals surface area contributed by atoms with Gasteiger partial charge in [-0.3, -0.25) is 0 Å². The molecule has 0 saturated heterocycles. The molecular weight excluding hydrogens is 428 g/mol. The Morgan fingerprint density at radius 1 is 1.12 bits per heavy atom. The first kappa shape index (κ1) is 19.0. The molecule has 0 bridgehead atoms. The van der Waals surface area contributed by atoms with Crippen molar-refractivity contribution in [2.75, 3.05) is 0 Å². The van der Waals surface area contributed by atoms with E-state index in [1.807, 2.05) is 42.6 Å². The molecule has 0 atom stereocenters. The average molecular weight is 448 g/mol.